The Balaban J connectivity index is 2.98. The molecule has 0 saturated carbocycles. The Hall–Kier alpha value is -1.94. The van der Waals surface area contributed by atoms with E-state index in [4.69, 9.17) is 0 Å². The molecule has 1 atom stereocenters. The van der Waals surface area contributed by atoms with Crippen molar-refractivity contribution < 1.29 is 27.9 Å². The minimum absolute atomic E-state index is 0.0575. The molecule has 0 aliphatic carbocycles. The number of hydrogen-bond acceptors (Lipinski definition) is 6. The lowest BCUT2D eigenvalue weighted by Gasteiger charge is -2.13. The van der Waals surface area contributed by atoms with Gasteiger partial charge in [-0.2, -0.15) is 13.2 Å². The third kappa shape index (κ3) is 4.31. The van der Waals surface area contributed by atoms with Gasteiger partial charge in [0.05, 0.1) is 17.6 Å². The molecule has 1 unspecified atom stereocenters. The Morgan fingerprint density at radius 2 is 2.25 bits per heavy atom. The lowest BCUT2D eigenvalue weighted by atomic mass is 10.2. The summed E-state index contributed by atoms with van der Waals surface area (Å²) in [6.45, 7) is -0.256. The number of aromatic nitrogens is 1. The lowest BCUT2D eigenvalue weighted by Crippen LogP contribution is -2.24. The van der Waals surface area contributed by atoms with Crippen LogP contribution >= 0.6 is 0 Å². The van der Waals surface area contributed by atoms with Crippen molar-refractivity contribution >= 4 is 11.4 Å². The van der Waals surface area contributed by atoms with Crippen LogP contribution in [-0.4, -0.2) is 41.4 Å². The van der Waals surface area contributed by atoms with E-state index >= 15 is 0 Å². The van der Waals surface area contributed by atoms with Crippen LogP contribution in [0.15, 0.2) is 12.3 Å². The minimum atomic E-state index is -4.71. The maximum Gasteiger partial charge on any atom is 0.433 e. The fourth-order valence-electron chi connectivity index (χ4n) is 1.37. The summed E-state index contributed by atoms with van der Waals surface area (Å²) in [7, 11) is 1.33. The summed E-state index contributed by atoms with van der Waals surface area (Å²) >= 11 is 0. The van der Waals surface area contributed by atoms with Gasteiger partial charge < -0.3 is 15.2 Å². The van der Waals surface area contributed by atoms with Crippen LogP contribution in [0.3, 0.4) is 0 Å². The van der Waals surface area contributed by atoms with Crippen LogP contribution < -0.4 is 5.32 Å². The molecule has 0 spiro atoms. The number of halogens is 3. The van der Waals surface area contributed by atoms with Crippen LogP contribution in [0, 0.1) is 10.1 Å². The molecule has 1 aromatic heterocycles. The van der Waals surface area contributed by atoms with E-state index in [0.717, 1.165) is 0 Å². The standard InChI is InChI=1S/C10H12F3N3O4/c1-20-5-6(17)3-14-7-2-9(10(11,12)13)15-4-8(7)16(18)19/h2,4,6,17H,3,5H2,1H3,(H,14,15). The Morgan fingerprint density at radius 1 is 1.60 bits per heavy atom. The number of hydrogen-bond donors (Lipinski definition) is 2. The summed E-state index contributed by atoms with van der Waals surface area (Å²) in [5.41, 5.74) is -2.23. The highest BCUT2D eigenvalue weighted by atomic mass is 19.4. The fourth-order valence-corrected chi connectivity index (χ4v) is 1.37. The highest BCUT2D eigenvalue weighted by molar-refractivity contribution is 5.61. The summed E-state index contributed by atoms with van der Waals surface area (Å²) in [6, 6.07) is 0.525. The normalized spacial score (nSPS) is 13.1. The van der Waals surface area contributed by atoms with Crippen molar-refractivity contribution in [3.63, 3.8) is 0 Å². The summed E-state index contributed by atoms with van der Waals surface area (Å²) in [4.78, 5) is 12.8. The Bertz CT molecular complexity index is 481. The number of aliphatic hydroxyl groups is 1. The van der Waals surface area contributed by atoms with Crippen molar-refractivity contribution in [1.82, 2.24) is 4.98 Å². The van der Waals surface area contributed by atoms with Gasteiger partial charge in [-0.1, -0.05) is 0 Å². The zero-order valence-electron chi connectivity index (χ0n) is 10.3. The smallest absolute Gasteiger partial charge is 0.389 e. The van der Waals surface area contributed by atoms with Gasteiger partial charge in [0.15, 0.2) is 0 Å². The molecule has 112 valence electrons. The number of pyridine rings is 1. The average molecular weight is 295 g/mol. The summed E-state index contributed by atoms with van der Waals surface area (Å²) in [5.74, 6) is 0. The Kier molecular flexibility index (Phi) is 5.22. The van der Waals surface area contributed by atoms with Crippen molar-refractivity contribution in [2.75, 3.05) is 25.6 Å². The largest absolute Gasteiger partial charge is 0.433 e. The SMILES string of the molecule is COCC(O)CNc1cc(C(F)(F)F)ncc1[N+](=O)[O-]. The number of anilines is 1. The highest BCUT2D eigenvalue weighted by Crippen LogP contribution is 2.32. The van der Waals surface area contributed by atoms with E-state index in [0.29, 0.717) is 12.3 Å². The lowest BCUT2D eigenvalue weighted by molar-refractivity contribution is -0.384. The number of nitrogens with zero attached hydrogens (tertiary/aromatic N) is 2. The monoisotopic (exact) mass is 295 g/mol. The van der Waals surface area contributed by atoms with Gasteiger partial charge in [-0.3, -0.25) is 10.1 Å². The molecule has 7 nitrogen and oxygen atoms in total. The fraction of sp³-hybridized carbons (Fsp3) is 0.500. The predicted molar refractivity (Wildman–Crippen MR) is 62.3 cm³/mol. The summed E-state index contributed by atoms with van der Waals surface area (Å²) < 4.78 is 42.1. The van der Waals surface area contributed by atoms with Crippen molar-refractivity contribution in [3.8, 4) is 0 Å². The van der Waals surface area contributed by atoms with Gasteiger partial charge in [-0.05, 0) is 6.07 Å². The third-order valence-electron chi connectivity index (χ3n) is 2.26. The topological polar surface area (TPSA) is 97.5 Å². The Labute approximate surface area is 111 Å². The van der Waals surface area contributed by atoms with Crippen LogP contribution in [0.1, 0.15) is 5.69 Å². The summed E-state index contributed by atoms with van der Waals surface area (Å²) in [6.07, 6.45) is -5.20. The number of alkyl halides is 3. The molecule has 10 heteroatoms. The molecule has 0 aromatic carbocycles. The van der Waals surface area contributed by atoms with E-state index < -0.39 is 28.6 Å². The van der Waals surface area contributed by atoms with Crippen molar-refractivity contribution in [1.29, 1.82) is 0 Å². The molecular formula is C10H12F3N3O4. The van der Waals surface area contributed by atoms with Crippen molar-refractivity contribution in [2.24, 2.45) is 0 Å². The highest BCUT2D eigenvalue weighted by Gasteiger charge is 2.34. The second-order valence-corrected chi connectivity index (χ2v) is 3.83. The van der Waals surface area contributed by atoms with Gasteiger partial charge in [-0.15, -0.1) is 0 Å². The molecule has 0 aliphatic heterocycles. The Morgan fingerprint density at radius 3 is 2.75 bits per heavy atom. The van der Waals surface area contributed by atoms with E-state index in [1.165, 1.54) is 7.11 Å². The predicted octanol–water partition coefficient (Wildman–Crippen LogP) is 1.43. The molecule has 1 rings (SSSR count). The zero-order valence-corrected chi connectivity index (χ0v) is 10.3. The van der Waals surface area contributed by atoms with E-state index in [9.17, 15) is 28.4 Å². The van der Waals surface area contributed by atoms with Crippen LogP contribution in [0.5, 0.6) is 0 Å². The molecule has 0 saturated heterocycles. The number of ether oxygens (including phenoxy) is 1. The van der Waals surface area contributed by atoms with E-state index in [1.54, 1.807) is 0 Å². The first-order valence-corrected chi connectivity index (χ1v) is 5.38. The molecule has 0 amide bonds. The maximum absolute atomic E-state index is 12.5. The first-order valence-electron chi connectivity index (χ1n) is 5.38. The van der Waals surface area contributed by atoms with E-state index in [-0.39, 0.29) is 18.8 Å². The third-order valence-corrected chi connectivity index (χ3v) is 2.26. The minimum Gasteiger partial charge on any atom is -0.389 e. The van der Waals surface area contributed by atoms with Crippen molar-refractivity contribution in [3.05, 3.63) is 28.1 Å². The van der Waals surface area contributed by atoms with Gasteiger partial charge in [0, 0.05) is 13.7 Å². The van der Waals surface area contributed by atoms with E-state index in [2.05, 4.69) is 15.0 Å². The molecular weight excluding hydrogens is 283 g/mol. The molecule has 0 radical (unpaired) electrons. The second kappa shape index (κ2) is 6.48. The molecule has 0 aliphatic rings. The van der Waals surface area contributed by atoms with Crippen LogP contribution in [-0.2, 0) is 10.9 Å². The molecule has 20 heavy (non-hydrogen) atoms. The van der Waals surface area contributed by atoms with Gasteiger partial charge in [0.25, 0.3) is 0 Å². The van der Waals surface area contributed by atoms with Gasteiger partial charge in [0.2, 0.25) is 0 Å². The van der Waals surface area contributed by atoms with Crippen molar-refractivity contribution in [2.45, 2.75) is 12.3 Å². The first-order chi connectivity index (χ1) is 9.25. The zero-order chi connectivity index (χ0) is 15.3. The summed E-state index contributed by atoms with van der Waals surface area (Å²) in [5, 5.41) is 22.5. The maximum atomic E-state index is 12.5. The molecule has 0 bridgehead atoms. The molecule has 2 N–H and O–H groups in total. The molecule has 1 heterocycles. The molecule has 1 aromatic rings. The average Bonchev–Trinajstić information content (AvgIpc) is 2.35. The van der Waals surface area contributed by atoms with Gasteiger partial charge >= 0.3 is 11.9 Å². The van der Waals surface area contributed by atoms with Gasteiger partial charge in [-0.25, -0.2) is 4.98 Å². The number of aliphatic hydroxyl groups excluding tert-OH is 1. The van der Waals surface area contributed by atoms with Crippen LogP contribution in [0.4, 0.5) is 24.5 Å². The van der Waals surface area contributed by atoms with Crippen LogP contribution in [0.25, 0.3) is 0 Å². The number of nitro groups is 1. The van der Waals surface area contributed by atoms with Crippen LogP contribution in [0.2, 0.25) is 0 Å². The van der Waals surface area contributed by atoms with E-state index in [1.807, 2.05) is 0 Å². The first kappa shape index (κ1) is 16.1. The number of methoxy groups -OCH3 is 1. The molecule has 0 fully saturated rings. The van der Waals surface area contributed by atoms with Gasteiger partial charge in [0.1, 0.15) is 17.6 Å². The number of nitrogens with one attached hydrogen (secondary N) is 1. The second-order valence-electron chi connectivity index (χ2n) is 3.83. The quantitative estimate of drug-likeness (QED) is 0.608. The number of rotatable bonds is 6.